The molecule has 0 bridgehead atoms. The van der Waals surface area contributed by atoms with Crippen LogP contribution in [0.4, 0.5) is 5.69 Å². The van der Waals surface area contributed by atoms with E-state index in [1.807, 2.05) is 6.20 Å². The van der Waals surface area contributed by atoms with Gasteiger partial charge in [-0.05, 0) is 19.0 Å². The third kappa shape index (κ3) is 3.17. The number of hydrogen-bond donors (Lipinski definition) is 1. The molecule has 1 aromatic carbocycles. The molecule has 0 spiro atoms. The second kappa shape index (κ2) is 6.10. The van der Waals surface area contributed by atoms with Crippen LogP contribution < -0.4 is 5.32 Å². The SMILES string of the molecule is CCCNCc1cnn(-c2ccccc2[N+](=O)[O-])c1. The van der Waals surface area contributed by atoms with Crippen LogP contribution in [0, 0.1) is 10.1 Å². The Balaban J connectivity index is 2.21. The number of nitro groups is 1. The molecule has 0 saturated carbocycles. The molecule has 1 aromatic heterocycles. The van der Waals surface area contributed by atoms with Gasteiger partial charge >= 0.3 is 0 Å². The number of para-hydroxylation sites is 2. The van der Waals surface area contributed by atoms with E-state index in [2.05, 4.69) is 17.3 Å². The van der Waals surface area contributed by atoms with Gasteiger partial charge in [-0.1, -0.05) is 19.1 Å². The van der Waals surface area contributed by atoms with E-state index >= 15 is 0 Å². The second-order valence-corrected chi connectivity index (χ2v) is 4.22. The summed E-state index contributed by atoms with van der Waals surface area (Å²) in [5.74, 6) is 0. The van der Waals surface area contributed by atoms with Crippen LogP contribution in [-0.2, 0) is 6.54 Å². The maximum Gasteiger partial charge on any atom is 0.294 e. The van der Waals surface area contributed by atoms with E-state index in [9.17, 15) is 10.1 Å². The Kier molecular flexibility index (Phi) is 4.25. The van der Waals surface area contributed by atoms with Crippen LogP contribution in [-0.4, -0.2) is 21.2 Å². The molecule has 0 amide bonds. The first-order valence-corrected chi connectivity index (χ1v) is 6.20. The Hall–Kier alpha value is -2.21. The molecule has 0 saturated heterocycles. The smallest absolute Gasteiger partial charge is 0.294 e. The number of hydrogen-bond acceptors (Lipinski definition) is 4. The lowest BCUT2D eigenvalue weighted by Crippen LogP contribution is -2.13. The summed E-state index contributed by atoms with van der Waals surface area (Å²) in [6.07, 6.45) is 4.60. The molecule has 0 aliphatic heterocycles. The van der Waals surface area contributed by atoms with Gasteiger partial charge in [-0.2, -0.15) is 5.10 Å². The van der Waals surface area contributed by atoms with Crippen molar-refractivity contribution < 1.29 is 4.92 Å². The van der Waals surface area contributed by atoms with Gasteiger partial charge in [0.05, 0.1) is 11.1 Å². The zero-order valence-electron chi connectivity index (χ0n) is 10.7. The summed E-state index contributed by atoms with van der Waals surface area (Å²) < 4.78 is 1.54. The van der Waals surface area contributed by atoms with Crippen LogP contribution in [0.5, 0.6) is 0 Å². The van der Waals surface area contributed by atoms with Crippen molar-refractivity contribution in [3.63, 3.8) is 0 Å². The molecule has 0 radical (unpaired) electrons. The fourth-order valence-corrected chi connectivity index (χ4v) is 1.80. The Morgan fingerprint density at radius 1 is 1.42 bits per heavy atom. The van der Waals surface area contributed by atoms with Gasteiger partial charge in [0.15, 0.2) is 0 Å². The van der Waals surface area contributed by atoms with E-state index < -0.39 is 4.92 Å². The molecular weight excluding hydrogens is 244 g/mol. The van der Waals surface area contributed by atoms with Crippen LogP contribution in [0.3, 0.4) is 0 Å². The molecule has 0 aliphatic carbocycles. The zero-order chi connectivity index (χ0) is 13.7. The standard InChI is InChI=1S/C13H16N4O2/c1-2-7-14-8-11-9-15-16(10-11)12-5-3-4-6-13(12)17(18)19/h3-6,9-10,14H,2,7-8H2,1H3. The third-order valence-corrected chi connectivity index (χ3v) is 2.72. The summed E-state index contributed by atoms with van der Waals surface area (Å²) in [6, 6.07) is 6.58. The van der Waals surface area contributed by atoms with Crippen molar-refractivity contribution in [2.24, 2.45) is 0 Å². The van der Waals surface area contributed by atoms with Gasteiger partial charge < -0.3 is 5.32 Å². The minimum Gasteiger partial charge on any atom is -0.313 e. The quantitative estimate of drug-likeness (QED) is 0.491. The van der Waals surface area contributed by atoms with Gasteiger partial charge in [0.25, 0.3) is 5.69 Å². The number of aromatic nitrogens is 2. The number of nitrogens with one attached hydrogen (secondary N) is 1. The molecule has 6 heteroatoms. The van der Waals surface area contributed by atoms with Crippen molar-refractivity contribution in [1.82, 2.24) is 15.1 Å². The molecule has 19 heavy (non-hydrogen) atoms. The van der Waals surface area contributed by atoms with Crippen LogP contribution >= 0.6 is 0 Å². The van der Waals surface area contributed by atoms with Crippen LogP contribution in [0.2, 0.25) is 0 Å². The minimum absolute atomic E-state index is 0.0543. The number of rotatable bonds is 6. The predicted octanol–water partition coefficient (Wildman–Crippen LogP) is 2.28. The van der Waals surface area contributed by atoms with E-state index in [1.165, 1.54) is 6.07 Å². The molecule has 2 aromatic rings. The summed E-state index contributed by atoms with van der Waals surface area (Å²) in [7, 11) is 0. The van der Waals surface area contributed by atoms with Gasteiger partial charge in [-0.15, -0.1) is 0 Å². The molecule has 1 N–H and O–H groups in total. The highest BCUT2D eigenvalue weighted by molar-refractivity contribution is 5.51. The van der Waals surface area contributed by atoms with Gasteiger partial charge in [-0.25, -0.2) is 4.68 Å². The normalized spacial score (nSPS) is 10.6. The Labute approximate surface area is 111 Å². The van der Waals surface area contributed by atoms with Crippen molar-refractivity contribution in [3.8, 4) is 5.69 Å². The van der Waals surface area contributed by atoms with Crippen LogP contribution in [0.25, 0.3) is 5.69 Å². The first-order valence-electron chi connectivity index (χ1n) is 6.20. The highest BCUT2D eigenvalue weighted by atomic mass is 16.6. The van der Waals surface area contributed by atoms with Gasteiger partial charge in [0, 0.05) is 24.4 Å². The number of benzene rings is 1. The molecule has 0 unspecified atom stereocenters. The van der Waals surface area contributed by atoms with E-state index in [0.29, 0.717) is 12.2 Å². The molecule has 0 atom stereocenters. The largest absolute Gasteiger partial charge is 0.313 e. The molecule has 0 fully saturated rings. The van der Waals surface area contributed by atoms with Crippen LogP contribution in [0.15, 0.2) is 36.7 Å². The summed E-state index contributed by atoms with van der Waals surface area (Å²) in [4.78, 5) is 10.6. The second-order valence-electron chi connectivity index (χ2n) is 4.22. The van der Waals surface area contributed by atoms with Crippen molar-refractivity contribution in [1.29, 1.82) is 0 Å². The van der Waals surface area contributed by atoms with Gasteiger partial charge in [0.2, 0.25) is 0 Å². The minimum atomic E-state index is -0.397. The Morgan fingerprint density at radius 3 is 2.95 bits per heavy atom. The van der Waals surface area contributed by atoms with E-state index in [-0.39, 0.29) is 5.69 Å². The summed E-state index contributed by atoms with van der Waals surface area (Å²) in [6.45, 7) is 3.76. The first kappa shape index (κ1) is 13.2. The maximum atomic E-state index is 11.0. The molecule has 100 valence electrons. The lowest BCUT2D eigenvalue weighted by molar-refractivity contribution is -0.384. The molecular formula is C13H16N4O2. The van der Waals surface area contributed by atoms with Crippen molar-refractivity contribution >= 4 is 5.69 Å². The van der Waals surface area contributed by atoms with Crippen molar-refractivity contribution in [2.75, 3.05) is 6.54 Å². The Bertz CT molecular complexity index is 565. The van der Waals surface area contributed by atoms with Crippen LogP contribution in [0.1, 0.15) is 18.9 Å². The molecule has 6 nitrogen and oxygen atoms in total. The van der Waals surface area contributed by atoms with Gasteiger partial charge in [0.1, 0.15) is 5.69 Å². The third-order valence-electron chi connectivity index (χ3n) is 2.72. The van der Waals surface area contributed by atoms with E-state index in [4.69, 9.17) is 0 Å². The van der Waals surface area contributed by atoms with E-state index in [0.717, 1.165) is 18.5 Å². The topological polar surface area (TPSA) is 73.0 Å². The highest BCUT2D eigenvalue weighted by Crippen LogP contribution is 2.21. The fourth-order valence-electron chi connectivity index (χ4n) is 1.80. The highest BCUT2D eigenvalue weighted by Gasteiger charge is 2.14. The average molecular weight is 260 g/mol. The predicted molar refractivity (Wildman–Crippen MR) is 72.2 cm³/mol. The number of nitrogens with zero attached hydrogens (tertiary/aromatic N) is 3. The summed E-state index contributed by atoms with van der Waals surface area (Å²) in [5, 5.41) is 18.4. The Morgan fingerprint density at radius 2 is 2.21 bits per heavy atom. The maximum absolute atomic E-state index is 11.0. The summed E-state index contributed by atoms with van der Waals surface area (Å²) in [5.41, 5.74) is 1.54. The van der Waals surface area contributed by atoms with E-state index in [1.54, 1.807) is 29.1 Å². The van der Waals surface area contributed by atoms with Crippen molar-refractivity contribution in [2.45, 2.75) is 19.9 Å². The first-order chi connectivity index (χ1) is 9.22. The monoisotopic (exact) mass is 260 g/mol. The van der Waals surface area contributed by atoms with Crippen molar-refractivity contribution in [3.05, 3.63) is 52.3 Å². The lowest BCUT2D eigenvalue weighted by atomic mass is 10.2. The number of nitro benzene ring substituents is 1. The molecule has 2 rings (SSSR count). The lowest BCUT2D eigenvalue weighted by Gasteiger charge is -2.02. The average Bonchev–Trinajstić information content (AvgIpc) is 2.88. The van der Waals surface area contributed by atoms with Gasteiger partial charge in [-0.3, -0.25) is 10.1 Å². The summed E-state index contributed by atoms with van der Waals surface area (Å²) >= 11 is 0. The molecule has 0 aliphatic rings. The fraction of sp³-hybridized carbons (Fsp3) is 0.308. The molecule has 1 heterocycles. The zero-order valence-corrected chi connectivity index (χ0v) is 10.7.